The van der Waals surface area contributed by atoms with Crippen LogP contribution in [0.3, 0.4) is 0 Å². The molecule has 7 heteroatoms. The van der Waals surface area contributed by atoms with Gasteiger partial charge in [-0.1, -0.05) is 15.9 Å². The molecule has 2 heterocycles. The molecule has 1 aromatic carbocycles. The predicted molar refractivity (Wildman–Crippen MR) is 90.7 cm³/mol. The number of benzene rings is 1. The Morgan fingerprint density at radius 2 is 2.04 bits per heavy atom. The van der Waals surface area contributed by atoms with Crippen LogP contribution in [0.1, 0.15) is 18.4 Å². The molecule has 1 amide bonds. The van der Waals surface area contributed by atoms with Gasteiger partial charge in [0.05, 0.1) is 11.0 Å². The third-order valence-electron chi connectivity index (χ3n) is 4.47. The highest BCUT2D eigenvalue weighted by atomic mass is 79.9. The Labute approximate surface area is 148 Å². The van der Waals surface area contributed by atoms with E-state index >= 15 is 0 Å². The Bertz CT molecular complexity index is 694. The molecular weight excluding hydrogens is 378 g/mol. The van der Waals surface area contributed by atoms with Crippen molar-refractivity contribution in [2.24, 2.45) is 5.41 Å². The highest BCUT2D eigenvalue weighted by Crippen LogP contribution is 2.31. The largest absolute Gasteiger partial charge is 0.488 e. The molecule has 2 aliphatic rings. The van der Waals surface area contributed by atoms with Crippen molar-refractivity contribution in [1.29, 1.82) is 0 Å². The van der Waals surface area contributed by atoms with Crippen LogP contribution in [0.4, 0.5) is 0 Å². The number of ether oxygens (including phenoxy) is 2. The Morgan fingerprint density at radius 3 is 2.75 bits per heavy atom. The average molecular weight is 396 g/mol. The van der Waals surface area contributed by atoms with E-state index in [9.17, 15) is 14.7 Å². The van der Waals surface area contributed by atoms with Gasteiger partial charge in [-0.05, 0) is 37.1 Å². The van der Waals surface area contributed by atoms with Crippen molar-refractivity contribution >= 4 is 33.9 Å². The number of carbonyl (C=O) groups is 2. The summed E-state index contributed by atoms with van der Waals surface area (Å²) in [5.41, 5.74) is 0.346. The second-order valence-corrected chi connectivity index (χ2v) is 6.94. The van der Waals surface area contributed by atoms with E-state index in [0.717, 1.165) is 15.8 Å². The topological polar surface area (TPSA) is 84.9 Å². The van der Waals surface area contributed by atoms with Gasteiger partial charge in [-0.3, -0.25) is 9.59 Å². The van der Waals surface area contributed by atoms with Crippen molar-refractivity contribution in [3.63, 3.8) is 0 Å². The second-order valence-electron chi connectivity index (χ2n) is 6.02. The van der Waals surface area contributed by atoms with Crippen molar-refractivity contribution < 1.29 is 24.2 Å². The molecule has 6 nitrogen and oxygen atoms in total. The number of hydrogen-bond acceptors (Lipinski definition) is 4. The summed E-state index contributed by atoms with van der Waals surface area (Å²) >= 11 is 3.39. The summed E-state index contributed by atoms with van der Waals surface area (Å²) in [5.74, 6) is -0.469. The molecule has 0 bridgehead atoms. The monoisotopic (exact) mass is 395 g/mol. The van der Waals surface area contributed by atoms with Crippen molar-refractivity contribution in [1.82, 2.24) is 5.32 Å². The molecule has 2 N–H and O–H groups in total. The van der Waals surface area contributed by atoms with Crippen molar-refractivity contribution in [2.75, 3.05) is 26.4 Å². The molecule has 128 valence electrons. The fourth-order valence-electron chi connectivity index (χ4n) is 2.87. The van der Waals surface area contributed by atoms with E-state index in [1.165, 1.54) is 0 Å². The smallest absolute Gasteiger partial charge is 0.311 e. The number of amides is 1. The van der Waals surface area contributed by atoms with E-state index < -0.39 is 11.4 Å². The molecule has 0 spiro atoms. The van der Waals surface area contributed by atoms with Crippen LogP contribution in [-0.2, 0) is 14.3 Å². The van der Waals surface area contributed by atoms with Crippen LogP contribution < -0.4 is 10.1 Å². The molecule has 0 aliphatic carbocycles. The molecule has 0 unspecified atom stereocenters. The van der Waals surface area contributed by atoms with Gasteiger partial charge >= 0.3 is 5.97 Å². The maximum absolute atomic E-state index is 12.4. The average Bonchev–Trinajstić information content (AvgIpc) is 2.59. The van der Waals surface area contributed by atoms with Gasteiger partial charge in [0, 0.05) is 29.8 Å². The lowest BCUT2D eigenvalue weighted by Gasteiger charge is -2.33. The van der Waals surface area contributed by atoms with E-state index in [2.05, 4.69) is 21.2 Å². The summed E-state index contributed by atoms with van der Waals surface area (Å²) in [6.45, 7) is 1.06. The fourth-order valence-corrected chi connectivity index (χ4v) is 3.25. The molecule has 0 atom stereocenters. The molecular formula is C17H18BrNO5. The molecule has 24 heavy (non-hydrogen) atoms. The third-order valence-corrected chi connectivity index (χ3v) is 4.96. The Balaban J connectivity index is 1.70. The van der Waals surface area contributed by atoms with Crippen molar-refractivity contribution in [3.05, 3.63) is 33.8 Å². The first-order valence-corrected chi connectivity index (χ1v) is 8.52. The van der Waals surface area contributed by atoms with E-state index in [1.807, 2.05) is 18.2 Å². The first kappa shape index (κ1) is 17.0. The Hall–Kier alpha value is -1.86. The summed E-state index contributed by atoms with van der Waals surface area (Å²) in [6, 6.07) is 5.59. The highest BCUT2D eigenvalue weighted by Gasteiger charge is 2.40. The van der Waals surface area contributed by atoms with Gasteiger partial charge in [-0.2, -0.15) is 0 Å². The SMILES string of the molecule is O=C(NCC1(C(=O)O)CCOCC1)C1=Cc2cc(Br)ccc2OC1. The quantitative estimate of drug-likeness (QED) is 0.816. The number of fused-ring (bicyclic) bond motifs is 1. The zero-order valence-electron chi connectivity index (χ0n) is 13.0. The molecule has 1 saturated heterocycles. The van der Waals surface area contributed by atoms with Crippen molar-refractivity contribution in [3.8, 4) is 5.75 Å². The number of rotatable bonds is 4. The van der Waals surface area contributed by atoms with Crippen LogP contribution in [0, 0.1) is 5.41 Å². The zero-order chi connectivity index (χ0) is 17.2. The van der Waals surface area contributed by atoms with Gasteiger partial charge in [-0.25, -0.2) is 0 Å². The van der Waals surface area contributed by atoms with E-state index in [4.69, 9.17) is 9.47 Å². The minimum atomic E-state index is -0.953. The normalized spacial score (nSPS) is 18.8. The minimum absolute atomic E-state index is 0.0905. The van der Waals surface area contributed by atoms with Crippen LogP contribution in [-0.4, -0.2) is 43.3 Å². The number of aliphatic carboxylic acids is 1. The van der Waals surface area contributed by atoms with Gasteiger partial charge in [0.25, 0.3) is 5.91 Å². The van der Waals surface area contributed by atoms with Crippen molar-refractivity contribution in [2.45, 2.75) is 12.8 Å². The number of hydrogen-bond donors (Lipinski definition) is 2. The number of halogens is 1. The molecule has 0 saturated carbocycles. The van der Waals surface area contributed by atoms with Gasteiger partial charge in [-0.15, -0.1) is 0 Å². The minimum Gasteiger partial charge on any atom is -0.488 e. The maximum atomic E-state index is 12.4. The molecule has 1 fully saturated rings. The Kier molecular flexibility index (Phi) is 4.91. The zero-order valence-corrected chi connectivity index (χ0v) is 14.6. The number of nitrogens with one attached hydrogen (secondary N) is 1. The van der Waals surface area contributed by atoms with Crippen LogP contribution in [0.15, 0.2) is 28.2 Å². The van der Waals surface area contributed by atoms with Crippen LogP contribution >= 0.6 is 15.9 Å². The van der Waals surface area contributed by atoms with E-state index in [1.54, 1.807) is 6.08 Å². The molecule has 2 aliphatic heterocycles. The Morgan fingerprint density at radius 1 is 1.29 bits per heavy atom. The standard InChI is InChI=1S/C17H18BrNO5/c18-13-1-2-14-11(8-13)7-12(9-24-14)15(20)19-10-17(16(21)22)3-5-23-6-4-17/h1-2,7-8H,3-6,9-10H2,(H,19,20)(H,21,22). The van der Waals surface area contributed by atoms with Crippen LogP contribution in [0.25, 0.3) is 6.08 Å². The third kappa shape index (κ3) is 3.47. The van der Waals surface area contributed by atoms with Gasteiger partial charge in [0.1, 0.15) is 12.4 Å². The van der Waals surface area contributed by atoms with E-state index in [-0.39, 0.29) is 19.1 Å². The first-order valence-electron chi connectivity index (χ1n) is 7.72. The molecule has 0 radical (unpaired) electrons. The van der Waals surface area contributed by atoms with Crippen LogP contribution in [0.2, 0.25) is 0 Å². The molecule has 0 aromatic heterocycles. The summed E-state index contributed by atoms with van der Waals surface area (Å²) in [7, 11) is 0. The second kappa shape index (κ2) is 6.94. The van der Waals surface area contributed by atoms with E-state index in [0.29, 0.717) is 31.6 Å². The predicted octanol–water partition coefficient (Wildman–Crippen LogP) is 2.22. The molecule has 1 aromatic rings. The highest BCUT2D eigenvalue weighted by molar-refractivity contribution is 9.10. The first-order chi connectivity index (χ1) is 11.5. The summed E-state index contributed by atoms with van der Waals surface area (Å²) in [4.78, 5) is 24.0. The summed E-state index contributed by atoms with van der Waals surface area (Å²) < 4.78 is 11.7. The fraction of sp³-hybridized carbons (Fsp3) is 0.412. The lowest BCUT2D eigenvalue weighted by Crippen LogP contribution is -2.47. The summed E-state index contributed by atoms with van der Waals surface area (Å²) in [6.07, 6.45) is 2.57. The lowest BCUT2D eigenvalue weighted by atomic mass is 9.80. The summed E-state index contributed by atoms with van der Waals surface area (Å²) in [5, 5.41) is 12.3. The number of carboxylic acid groups (broad SMARTS) is 1. The van der Waals surface area contributed by atoms with Gasteiger partial charge in [0.2, 0.25) is 0 Å². The van der Waals surface area contributed by atoms with Gasteiger partial charge < -0.3 is 19.9 Å². The maximum Gasteiger partial charge on any atom is 0.311 e. The van der Waals surface area contributed by atoms with Gasteiger partial charge in [0.15, 0.2) is 0 Å². The number of carbonyl (C=O) groups excluding carboxylic acids is 1. The molecule has 3 rings (SSSR count). The van der Waals surface area contributed by atoms with Crippen LogP contribution in [0.5, 0.6) is 5.75 Å². The number of carboxylic acids is 1. The lowest BCUT2D eigenvalue weighted by molar-refractivity contribution is -0.154.